The zero-order chi connectivity index (χ0) is 30.6. The van der Waals surface area contributed by atoms with E-state index in [9.17, 15) is 23.6 Å². The van der Waals surface area contributed by atoms with E-state index in [0.717, 1.165) is 0 Å². The molecule has 3 aromatic rings. The minimum Gasteiger partial charge on any atom is -0.444 e. The van der Waals surface area contributed by atoms with Crippen molar-refractivity contribution < 1.29 is 28.3 Å². The summed E-state index contributed by atoms with van der Waals surface area (Å²) in [6, 6.07) is 10.8. The summed E-state index contributed by atoms with van der Waals surface area (Å²) in [7, 11) is 0. The maximum atomic E-state index is 14.4. The van der Waals surface area contributed by atoms with Crippen LogP contribution in [-0.4, -0.2) is 74.7 Å². The summed E-state index contributed by atoms with van der Waals surface area (Å²) in [5.74, 6) is -2.36. The number of halogens is 2. The molecule has 0 saturated carbocycles. The van der Waals surface area contributed by atoms with E-state index in [1.54, 1.807) is 51.1 Å². The molecular weight excluding hydrogens is 567 g/mol. The summed E-state index contributed by atoms with van der Waals surface area (Å²) in [6.07, 6.45) is 0.609. The van der Waals surface area contributed by atoms with Crippen molar-refractivity contribution in [1.82, 2.24) is 24.9 Å². The van der Waals surface area contributed by atoms with Crippen molar-refractivity contribution in [1.29, 1.82) is 0 Å². The third-order valence-corrected chi connectivity index (χ3v) is 7.10. The predicted octanol–water partition coefficient (Wildman–Crippen LogP) is 3.47. The smallest absolute Gasteiger partial charge is 0.410 e. The van der Waals surface area contributed by atoms with E-state index in [2.05, 4.69) is 10.4 Å². The van der Waals surface area contributed by atoms with Crippen molar-refractivity contribution in [2.24, 2.45) is 5.73 Å². The Morgan fingerprint density at radius 2 is 1.90 bits per heavy atom. The fourth-order valence-electron chi connectivity index (χ4n) is 4.86. The number of aromatic nitrogens is 2. The van der Waals surface area contributed by atoms with Crippen LogP contribution in [0.25, 0.3) is 10.9 Å². The number of rotatable bonds is 8. The molecule has 1 fully saturated rings. The second-order valence-corrected chi connectivity index (χ2v) is 11.5. The SMILES string of the molecule is CC(C)(C)OC(=O)N1CCC[C@@H](N(CC(=O)NCc2cccc(Cl)c2F)C(=O)Cn2nc(C(N)=O)c3ccccc32)C1. The molecule has 1 saturated heterocycles. The molecule has 0 aliphatic carbocycles. The Bertz CT molecular complexity index is 1500. The number of nitrogens with one attached hydrogen (secondary N) is 1. The molecule has 42 heavy (non-hydrogen) atoms. The first-order valence-electron chi connectivity index (χ1n) is 13.6. The monoisotopic (exact) mass is 600 g/mol. The molecule has 0 bridgehead atoms. The van der Waals surface area contributed by atoms with Crippen molar-refractivity contribution in [3.8, 4) is 0 Å². The van der Waals surface area contributed by atoms with E-state index >= 15 is 0 Å². The van der Waals surface area contributed by atoms with Crippen LogP contribution < -0.4 is 11.1 Å². The summed E-state index contributed by atoms with van der Waals surface area (Å²) in [5, 5.41) is 7.35. The number of para-hydroxylation sites is 1. The molecular formula is C29H34ClFN6O5. The van der Waals surface area contributed by atoms with E-state index in [4.69, 9.17) is 22.1 Å². The van der Waals surface area contributed by atoms with Crippen LogP contribution in [-0.2, 0) is 27.4 Å². The van der Waals surface area contributed by atoms with Gasteiger partial charge in [0.1, 0.15) is 18.0 Å². The second-order valence-electron chi connectivity index (χ2n) is 11.1. The topological polar surface area (TPSA) is 140 Å². The number of fused-ring (bicyclic) bond motifs is 1. The minimum atomic E-state index is -0.734. The maximum Gasteiger partial charge on any atom is 0.410 e. The third-order valence-electron chi connectivity index (χ3n) is 6.81. The number of hydrogen-bond donors (Lipinski definition) is 2. The summed E-state index contributed by atoms with van der Waals surface area (Å²) in [6.45, 7) is 5.14. The van der Waals surface area contributed by atoms with Crippen LogP contribution in [0.3, 0.4) is 0 Å². The normalized spacial score (nSPS) is 15.4. The number of ether oxygens (including phenoxy) is 1. The van der Waals surface area contributed by atoms with Gasteiger partial charge in [0.25, 0.3) is 5.91 Å². The lowest BCUT2D eigenvalue weighted by atomic mass is 10.0. The van der Waals surface area contributed by atoms with Crippen molar-refractivity contribution in [3.05, 3.63) is 64.6 Å². The molecule has 2 aromatic carbocycles. The maximum absolute atomic E-state index is 14.4. The van der Waals surface area contributed by atoms with Crippen molar-refractivity contribution in [2.45, 2.75) is 58.3 Å². The van der Waals surface area contributed by atoms with Gasteiger partial charge in [-0.2, -0.15) is 5.10 Å². The van der Waals surface area contributed by atoms with Crippen LogP contribution >= 0.6 is 11.6 Å². The van der Waals surface area contributed by atoms with Gasteiger partial charge in [0, 0.05) is 30.6 Å². The number of amides is 4. The summed E-state index contributed by atoms with van der Waals surface area (Å²) < 4.78 is 21.3. The van der Waals surface area contributed by atoms with E-state index in [0.29, 0.717) is 30.3 Å². The van der Waals surface area contributed by atoms with Gasteiger partial charge in [-0.1, -0.05) is 41.9 Å². The first-order valence-corrected chi connectivity index (χ1v) is 13.9. The Hall–Kier alpha value is -4.19. The first-order chi connectivity index (χ1) is 19.8. The van der Waals surface area contributed by atoms with E-state index in [-0.39, 0.29) is 42.5 Å². The Kier molecular flexibility index (Phi) is 9.35. The minimum absolute atomic E-state index is 0.0278. The van der Waals surface area contributed by atoms with Crippen molar-refractivity contribution in [2.75, 3.05) is 19.6 Å². The van der Waals surface area contributed by atoms with Gasteiger partial charge in [0.05, 0.1) is 23.1 Å². The molecule has 4 rings (SSSR count). The van der Waals surface area contributed by atoms with E-state index in [1.165, 1.54) is 26.6 Å². The number of carbonyl (C=O) groups excluding carboxylic acids is 4. The van der Waals surface area contributed by atoms with Gasteiger partial charge in [-0.25, -0.2) is 9.18 Å². The molecule has 1 atom stereocenters. The standard InChI is InChI=1S/C29H34ClFN6O5/c1-29(2,3)42-28(41)35-13-7-9-19(15-35)36(16-23(38)33-14-18-8-6-11-21(30)25(18)31)24(39)17-37-22-12-5-4-10-20(22)26(34-37)27(32)40/h4-6,8,10-12,19H,7,9,13-17H2,1-3H3,(H2,32,40)(H,33,38)/t19-/m1/s1. The highest BCUT2D eigenvalue weighted by Crippen LogP contribution is 2.22. The number of hydrogen-bond acceptors (Lipinski definition) is 6. The molecule has 0 radical (unpaired) electrons. The Morgan fingerprint density at radius 1 is 1.17 bits per heavy atom. The third kappa shape index (κ3) is 7.35. The lowest BCUT2D eigenvalue weighted by Crippen LogP contribution is -2.55. The van der Waals surface area contributed by atoms with Gasteiger partial charge < -0.3 is 25.6 Å². The Morgan fingerprint density at radius 3 is 2.62 bits per heavy atom. The highest BCUT2D eigenvalue weighted by molar-refractivity contribution is 6.30. The largest absolute Gasteiger partial charge is 0.444 e. The number of benzene rings is 2. The van der Waals surface area contributed by atoms with Crippen LogP contribution in [0.2, 0.25) is 5.02 Å². The van der Waals surface area contributed by atoms with Gasteiger partial charge in [0.15, 0.2) is 5.69 Å². The molecule has 1 aliphatic rings. The number of likely N-dealkylation sites (tertiary alicyclic amines) is 1. The number of piperidine rings is 1. The molecule has 0 spiro atoms. The number of primary amides is 1. The first kappa shape index (κ1) is 30.8. The zero-order valence-electron chi connectivity index (χ0n) is 23.7. The number of nitrogens with two attached hydrogens (primary N) is 1. The second kappa shape index (κ2) is 12.8. The highest BCUT2D eigenvalue weighted by Gasteiger charge is 2.34. The van der Waals surface area contributed by atoms with Crippen LogP contribution in [0.4, 0.5) is 9.18 Å². The predicted molar refractivity (Wildman–Crippen MR) is 154 cm³/mol. The molecule has 2 heterocycles. The van der Waals surface area contributed by atoms with Crippen LogP contribution in [0.15, 0.2) is 42.5 Å². The molecule has 11 nitrogen and oxygen atoms in total. The Balaban J connectivity index is 1.57. The Labute approximate surface area is 247 Å². The van der Waals surface area contributed by atoms with Gasteiger partial charge in [-0.05, 0) is 45.7 Å². The molecule has 13 heteroatoms. The van der Waals surface area contributed by atoms with E-state index in [1.807, 2.05) is 0 Å². The molecule has 1 aromatic heterocycles. The fourth-order valence-corrected chi connectivity index (χ4v) is 5.05. The van der Waals surface area contributed by atoms with Crippen molar-refractivity contribution >= 4 is 46.3 Å². The molecule has 1 aliphatic heterocycles. The number of carbonyl (C=O) groups is 4. The molecule has 3 N–H and O–H groups in total. The van der Waals surface area contributed by atoms with Crippen LogP contribution in [0.1, 0.15) is 49.7 Å². The molecule has 224 valence electrons. The summed E-state index contributed by atoms with van der Waals surface area (Å²) >= 11 is 5.86. The lowest BCUT2D eigenvalue weighted by Gasteiger charge is -2.39. The highest BCUT2D eigenvalue weighted by atomic mass is 35.5. The number of nitrogens with zero attached hydrogens (tertiary/aromatic N) is 4. The summed E-state index contributed by atoms with van der Waals surface area (Å²) in [5.41, 5.74) is 5.56. The zero-order valence-corrected chi connectivity index (χ0v) is 24.5. The van der Waals surface area contributed by atoms with Crippen molar-refractivity contribution in [3.63, 3.8) is 0 Å². The lowest BCUT2D eigenvalue weighted by molar-refractivity contribution is -0.140. The average molecular weight is 601 g/mol. The van der Waals surface area contributed by atoms with Gasteiger partial charge in [-0.15, -0.1) is 0 Å². The van der Waals surface area contributed by atoms with Crippen LogP contribution in [0, 0.1) is 5.82 Å². The summed E-state index contributed by atoms with van der Waals surface area (Å²) in [4.78, 5) is 54.6. The van der Waals surface area contributed by atoms with Gasteiger partial charge >= 0.3 is 6.09 Å². The van der Waals surface area contributed by atoms with Gasteiger partial charge in [0.2, 0.25) is 11.8 Å². The molecule has 0 unspecified atom stereocenters. The quantitative estimate of drug-likeness (QED) is 0.406. The fraction of sp³-hybridized carbons (Fsp3) is 0.414. The average Bonchev–Trinajstić information content (AvgIpc) is 3.30. The van der Waals surface area contributed by atoms with Crippen LogP contribution in [0.5, 0.6) is 0 Å². The van der Waals surface area contributed by atoms with E-state index < -0.39 is 41.3 Å². The molecule has 4 amide bonds. The van der Waals surface area contributed by atoms with Gasteiger partial charge in [-0.3, -0.25) is 19.1 Å².